The molecule has 2 aromatic rings. The van der Waals surface area contributed by atoms with Gasteiger partial charge in [0.15, 0.2) is 5.69 Å². The number of likely N-dealkylation sites (tertiary alicyclic amines) is 1. The van der Waals surface area contributed by atoms with Gasteiger partial charge in [-0.2, -0.15) is 5.10 Å². The first kappa shape index (κ1) is 18.2. The minimum atomic E-state index is -0.0135. The zero-order valence-corrected chi connectivity index (χ0v) is 16.0. The summed E-state index contributed by atoms with van der Waals surface area (Å²) in [5.74, 6) is 0.520. The first-order valence-electron chi connectivity index (χ1n) is 8.47. The number of hydrogen-bond donors (Lipinski definition) is 0. The van der Waals surface area contributed by atoms with Crippen LogP contribution < -0.4 is 0 Å². The zero-order valence-electron chi connectivity index (χ0n) is 14.5. The van der Waals surface area contributed by atoms with Crippen molar-refractivity contribution < 1.29 is 4.79 Å². The Hall–Kier alpha value is -1.56. The zero-order chi connectivity index (χ0) is 18.0. The van der Waals surface area contributed by atoms with Crippen molar-refractivity contribution in [2.75, 3.05) is 33.2 Å². The van der Waals surface area contributed by atoms with Crippen molar-refractivity contribution in [3.8, 4) is 5.69 Å². The first-order valence-corrected chi connectivity index (χ1v) is 9.22. The lowest BCUT2D eigenvalue weighted by Gasteiger charge is -2.19. The average Bonchev–Trinajstić information content (AvgIpc) is 3.26. The highest BCUT2D eigenvalue weighted by atomic mass is 35.5. The van der Waals surface area contributed by atoms with E-state index in [1.807, 2.05) is 11.0 Å². The lowest BCUT2D eigenvalue weighted by molar-refractivity contribution is 0.0778. The number of amides is 1. The maximum atomic E-state index is 12.7. The van der Waals surface area contributed by atoms with Gasteiger partial charge in [0.2, 0.25) is 0 Å². The molecule has 1 aromatic carbocycles. The lowest BCUT2D eigenvalue weighted by atomic mass is 10.1. The van der Waals surface area contributed by atoms with Gasteiger partial charge in [-0.3, -0.25) is 4.79 Å². The highest BCUT2D eigenvalue weighted by molar-refractivity contribution is 6.42. The monoisotopic (exact) mass is 380 g/mol. The summed E-state index contributed by atoms with van der Waals surface area (Å²) in [5.41, 5.74) is 1.23. The number of rotatable bonds is 5. The van der Waals surface area contributed by atoms with E-state index < -0.39 is 0 Å². The second-order valence-electron chi connectivity index (χ2n) is 6.50. The summed E-state index contributed by atoms with van der Waals surface area (Å²) in [6, 6.07) is 7.02. The van der Waals surface area contributed by atoms with Gasteiger partial charge in [0.1, 0.15) is 0 Å². The molecule has 134 valence electrons. The van der Waals surface area contributed by atoms with Gasteiger partial charge in [0.25, 0.3) is 5.91 Å². The Kier molecular flexibility index (Phi) is 5.67. The van der Waals surface area contributed by atoms with E-state index in [9.17, 15) is 4.79 Å². The molecule has 2 heterocycles. The number of nitrogens with zero attached hydrogens (tertiary/aromatic N) is 4. The molecule has 3 rings (SSSR count). The Bertz CT molecular complexity index is 761. The Labute approximate surface area is 158 Å². The van der Waals surface area contributed by atoms with Crippen molar-refractivity contribution in [1.82, 2.24) is 19.6 Å². The second-order valence-corrected chi connectivity index (χ2v) is 7.32. The topological polar surface area (TPSA) is 41.4 Å². The van der Waals surface area contributed by atoms with E-state index in [4.69, 9.17) is 23.2 Å². The minimum Gasteiger partial charge on any atom is -0.337 e. The molecule has 7 heteroatoms. The first-order chi connectivity index (χ1) is 12.0. The third-order valence-electron chi connectivity index (χ3n) is 4.66. The summed E-state index contributed by atoms with van der Waals surface area (Å²) in [5, 5.41) is 5.37. The fourth-order valence-electron chi connectivity index (χ4n) is 3.11. The molecule has 1 aliphatic heterocycles. The van der Waals surface area contributed by atoms with Crippen LogP contribution >= 0.6 is 23.2 Å². The summed E-state index contributed by atoms with van der Waals surface area (Å²) < 4.78 is 1.65. The average molecular weight is 381 g/mol. The maximum absolute atomic E-state index is 12.7. The van der Waals surface area contributed by atoms with E-state index in [0.717, 1.165) is 38.3 Å². The van der Waals surface area contributed by atoms with Crippen LogP contribution in [0, 0.1) is 5.92 Å². The molecule has 0 aliphatic carbocycles. The number of benzene rings is 1. The number of hydrogen-bond acceptors (Lipinski definition) is 3. The number of carbonyl (C=O) groups is 1. The normalized spacial score (nSPS) is 17.5. The van der Waals surface area contributed by atoms with Gasteiger partial charge in [-0.25, -0.2) is 4.68 Å². The minimum absolute atomic E-state index is 0.0135. The van der Waals surface area contributed by atoms with E-state index >= 15 is 0 Å². The standard InChI is InChI=1S/C18H22Cl2N4O/c1-3-22(2)11-13-6-8-23(12-13)18(25)17-7-9-24(21-17)14-4-5-15(19)16(20)10-14/h4-5,7,9-10,13H,3,6,8,11-12H2,1-2H3. The van der Waals surface area contributed by atoms with E-state index in [1.165, 1.54) is 0 Å². The molecule has 1 amide bonds. The number of aromatic nitrogens is 2. The van der Waals surface area contributed by atoms with Crippen LogP contribution in [0.3, 0.4) is 0 Å². The molecule has 0 spiro atoms. The predicted octanol–water partition coefficient (Wildman–Crippen LogP) is 3.59. The molecular weight excluding hydrogens is 359 g/mol. The van der Waals surface area contributed by atoms with Gasteiger partial charge in [-0.05, 0) is 50.2 Å². The van der Waals surface area contributed by atoms with Gasteiger partial charge in [-0.15, -0.1) is 0 Å². The van der Waals surface area contributed by atoms with Gasteiger partial charge < -0.3 is 9.80 Å². The fraction of sp³-hybridized carbons (Fsp3) is 0.444. The quantitative estimate of drug-likeness (QED) is 0.795. The smallest absolute Gasteiger partial charge is 0.274 e. The van der Waals surface area contributed by atoms with Gasteiger partial charge in [0.05, 0.1) is 15.7 Å². The van der Waals surface area contributed by atoms with Crippen molar-refractivity contribution >= 4 is 29.1 Å². The van der Waals surface area contributed by atoms with Crippen molar-refractivity contribution in [1.29, 1.82) is 0 Å². The van der Waals surface area contributed by atoms with E-state index in [0.29, 0.717) is 21.7 Å². The molecule has 1 unspecified atom stereocenters. The third-order valence-corrected chi connectivity index (χ3v) is 5.40. The Morgan fingerprint density at radius 1 is 1.32 bits per heavy atom. The lowest BCUT2D eigenvalue weighted by Crippen LogP contribution is -2.31. The molecule has 0 radical (unpaired) electrons. The molecule has 1 fully saturated rings. The Morgan fingerprint density at radius 2 is 2.12 bits per heavy atom. The number of halogens is 2. The highest BCUT2D eigenvalue weighted by Gasteiger charge is 2.28. The molecule has 1 aromatic heterocycles. The van der Waals surface area contributed by atoms with Crippen molar-refractivity contribution in [3.63, 3.8) is 0 Å². The van der Waals surface area contributed by atoms with E-state index in [2.05, 4.69) is 24.0 Å². The molecular formula is C18H22Cl2N4O. The van der Waals surface area contributed by atoms with Crippen molar-refractivity contribution in [2.24, 2.45) is 5.92 Å². The van der Waals surface area contributed by atoms with Crippen LogP contribution in [-0.2, 0) is 0 Å². The van der Waals surface area contributed by atoms with E-state index in [-0.39, 0.29) is 5.91 Å². The van der Waals surface area contributed by atoms with Crippen LogP contribution in [0.4, 0.5) is 0 Å². The molecule has 5 nitrogen and oxygen atoms in total. The van der Waals surface area contributed by atoms with Crippen LogP contribution in [0.1, 0.15) is 23.8 Å². The second kappa shape index (κ2) is 7.77. The molecule has 1 atom stereocenters. The predicted molar refractivity (Wildman–Crippen MR) is 101 cm³/mol. The van der Waals surface area contributed by atoms with Gasteiger partial charge in [0, 0.05) is 25.8 Å². The molecule has 1 aliphatic rings. The summed E-state index contributed by atoms with van der Waals surface area (Å²) >= 11 is 12.0. The molecule has 0 saturated carbocycles. The van der Waals surface area contributed by atoms with Gasteiger partial charge in [-0.1, -0.05) is 30.1 Å². The number of carbonyl (C=O) groups excluding carboxylic acids is 1. The van der Waals surface area contributed by atoms with Crippen LogP contribution in [0.2, 0.25) is 10.0 Å². The third kappa shape index (κ3) is 4.17. The summed E-state index contributed by atoms with van der Waals surface area (Å²) in [7, 11) is 2.11. The van der Waals surface area contributed by atoms with Crippen LogP contribution in [0.25, 0.3) is 5.69 Å². The summed E-state index contributed by atoms with van der Waals surface area (Å²) in [6.07, 6.45) is 2.81. The molecule has 25 heavy (non-hydrogen) atoms. The molecule has 1 saturated heterocycles. The van der Waals surface area contributed by atoms with Crippen LogP contribution in [-0.4, -0.2) is 58.7 Å². The van der Waals surface area contributed by atoms with Crippen molar-refractivity contribution in [3.05, 3.63) is 46.2 Å². The van der Waals surface area contributed by atoms with E-state index in [1.54, 1.807) is 29.1 Å². The fourth-order valence-corrected chi connectivity index (χ4v) is 3.40. The summed E-state index contributed by atoms with van der Waals surface area (Å²) in [4.78, 5) is 16.9. The largest absolute Gasteiger partial charge is 0.337 e. The van der Waals surface area contributed by atoms with Gasteiger partial charge >= 0.3 is 0 Å². The highest BCUT2D eigenvalue weighted by Crippen LogP contribution is 2.24. The molecule has 0 N–H and O–H groups in total. The van der Waals surface area contributed by atoms with Crippen LogP contribution in [0.15, 0.2) is 30.5 Å². The maximum Gasteiger partial charge on any atom is 0.274 e. The molecule has 0 bridgehead atoms. The summed E-state index contributed by atoms with van der Waals surface area (Å²) in [6.45, 7) is 5.79. The Morgan fingerprint density at radius 3 is 2.84 bits per heavy atom. The van der Waals surface area contributed by atoms with Crippen molar-refractivity contribution in [2.45, 2.75) is 13.3 Å². The van der Waals surface area contributed by atoms with Crippen LogP contribution in [0.5, 0.6) is 0 Å². The Balaban J connectivity index is 1.68. The SMILES string of the molecule is CCN(C)CC1CCN(C(=O)c2ccn(-c3ccc(Cl)c(Cl)c3)n2)C1.